The number of rotatable bonds is 3. The number of nitrogens with zero attached hydrogens (tertiary/aromatic N) is 1. The van der Waals surface area contributed by atoms with Crippen molar-refractivity contribution in [3.63, 3.8) is 0 Å². The molecule has 1 heterocycles. The molecule has 4 heteroatoms. The standard InChI is InChI=1S/C16H13BrN2S/c17-14-9-5-4-8-13(14)11-19-15(10-18-16(19)20)12-6-2-1-3-7-12/h1-10H,11H2,(H,18,20). The maximum absolute atomic E-state index is 5.41. The fraction of sp³-hybridized carbons (Fsp3) is 0.0625. The maximum atomic E-state index is 5.41. The number of nitrogens with one attached hydrogen (secondary N) is 1. The molecule has 0 saturated heterocycles. The van der Waals surface area contributed by atoms with Gasteiger partial charge in [-0.15, -0.1) is 0 Å². The second-order valence-corrected chi connectivity index (χ2v) is 5.76. The summed E-state index contributed by atoms with van der Waals surface area (Å²) in [6, 6.07) is 18.5. The number of halogens is 1. The molecule has 3 aromatic rings. The Balaban J connectivity index is 2.05. The minimum absolute atomic E-state index is 0.736. The molecule has 0 unspecified atom stereocenters. The number of aromatic amines is 1. The molecule has 0 spiro atoms. The minimum atomic E-state index is 0.736. The first-order valence-corrected chi connectivity index (χ1v) is 7.53. The molecule has 0 fully saturated rings. The number of hydrogen-bond donors (Lipinski definition) is 1. The van der Waals surface area contributed by atoms with Crippen molar-refractivity contribution < 1.29 is 0 Å². The van der Waals surface area contributed by atoms with E-state index in [0.29, 0.717) is 0 Å². The predicted octanol–water partition coefficient (Wildman–Crippen LogP) is 5.02. The summed E-state index contributed by atoms with van der Waals surface area (Å²) in [6.07, 6.45) is 1.97. The molecule has 0 aliphatic heterocycles. The average molecular weight is 345 g/mol. The van der Waals surface area contributed by atoms with Crippen LogP contribution in [-0.4, -0.2) is 9.55 Å². The molecule has 1 aromatic heterocycles. The number of benzene rings is 2. The zero-order valence-electron chi connectivity index (χ0n) is 10.7. The maximum Gasteiger partial charge on any atom is 0.177 e. The second kappa shape index (κ2) is 5.77. The van der Waals surface area contributed by atoms with Crippen molar-refractivity contribution >= 4 is 28.1 Å². The van der Waals surface area contributed by atoms with Crippen LogP contribution in [0.5, 0.6) is 0 Å². The van der Waals surface area contributed by atoms with Crippen molar-refractivity contribution in [3.05, 3.63) is 75.6 Å². The quantitative estimate of drug-likeness (QED) is 0.661. The lowest BCUT2D eigenvalue weighted by Gasteiger charge is -2.10. The topological polar surface area (TPSA) is 20.7 Å². The van der Waals surface area contributed by atoms with Gasteiger partial charge in [-0.05, 0) is 29.4 Å². The first-order chi connectivity index (χ1) is 9.75. The third-order valence-corrected chi connectivity index (χ3v) is 4.34. The molecule has 0 radical (unpaired) electrons. The lowest BCUT2D eigenvalue weighted by Crippen LogP contribution is -2.02. The Morgan fingerprint density at radius 1 is 1.00 bits per heavy atom. The Bertz CT molecular complexity index is 774. The summed E-state index contributed by atoms with van der Waals surface area (Å²) in [6.45, 7) is 0.744. The van der Waals surface area contributed by atoms with Crippen molar-refractivity contribution in [1.82, 2.24) is 9.55 Å². The van der Waals surface area contributed by atoms with Gasteiger partial charge in [0.25, 0.3) is 0 Å². The number of aromatic nitrogens is 2. The predicted molar refractivity (Wildman–Crippen MR) is 88.3 cm³/mol. The fourth-order valence-corrected chi connectivity index (χ4v) is 2.83. The van der Waals surface area contributed by atoms with Crippen molar-refractivity contribution in [2.24, 2.45) is 0 Å². The van der Waals surface area contributed by atoms with E-state index in [0.717, 1.165) is 27.0 Å². The highest BCUT2D eigenvalue weighted by Gasteiger charge is 2.08. The zero-order chi connectivity index (χ0) is 13.9. The Kier molecular flexibility index (Phi) is 3.85. The minimum Gasteiger partial charge on any atom is -0.337 e. The normalized spacial score (nSPS) is 10.7. The summed E-state index contributed by atoms with van der Waals surface area (Å²) in [5.41, 5.74) is 3.47. The lowest BCUT2D eigenvalue weighted by molar-refractivity contribution is 0.788. The van der Waals surface area contributed by atoms with E-state index < -0.39 is 0 Å². The van der Waals surface area contributed by atoms with Gasteiger partial charge in [0.2, 0.25) is 0 Å². The molecular formula is C16H13BrN2S. The molecule has 0 atom stereocenters. The molecule has 2 nitrogen and oxygen atoms in total. The van der Waals surface area contributed by atoms with E-state index in [-0.39, 0.29) is 0 Å². The van der Waals surface area contributed by atoms with Gasteiger partial charge in [-0.2, -0.15) is 0 Å². The molecule has 3 rings (SSSR count). The molecule has 1 N–H and O–H groups in total. The first-order valence-electron chi connectivity index (χ1n) is 6.33. The third kappa shape index (κ3) is 2.62. The van der Waals surface area contributed by atoms with Crippen molar-refractivity contribution in [3.8, 4) is 11.3 Å². The Morgan fingerprint density at radius 3 is 2.45 bits per heavy atom. The molecule has 0 aliphatic rings. The number of imidazole rings is 1. The van der Waals surface area contributed by atoms with Gasteiger partial charge in [0.1, 0.15) is 0 Å². The average Bonchev–Trinajstić information content (AvgIpc) is 2.84. The van der Waals surface area contributed by atoms with Crippen LogP contribution in [0.2, 0.25) is 0 Å². The van der Waals surface area contributed by atoms with Crippen LogP contribution in [0.1, 0.15) is 5.56 Å². The summed E-state index contributed by atoms with van der Waals surface area (Å²) in [7, 11) is 0. The van der Waals surface area contributed by atoms with Gasteiger partial charge in [0.15, 0.2) is 4.77 Å². The van der Waals surface area contributed by atoms with E-state index >= 15 is 0 Å². The molecule has 0 aliphatic carbocycles. The molecule has 0 bridgehead atoms. The third-order valence-electron chi connectivity index (χ3n) is 3.22. The van der Waals surface area contributed by atoms with Crippen molar-refractivity contribution in [1.29, 1.82) is 0 Å². The Morgan fingerprint density at radius 2 is 1.70 bits per heavy atom. The molecule has 0 saturated carbocycles. The van der Waals surface area contributed by atoms with Crippen molar-refractivity contribution in [2.45, 2.75) is 6.54 Å². The first kappa shape index (κ1) is 13.3. The van der Waals surface area contributed by atoms with Crippen LogP contribution < -0.4 is 0 Å². The van der Waals surface area contributed by atoms with Gasteiger partial charge >= 0.3 is 0 Å². The summed E-state index contributed by atoms with van der Waals surface area (Å²) < 4.78 is 3.95. The summed E-state index contributed by atoms with van der Waals surface area (Å²) in [5.74, 6) is 0. The molecule has 100 valence electrons. The highest BCUT2D eigenvalue weighted by Crippen LogP contribution is 2.23. The number of H-pyrrole nitrogens is 1. The van der Waals surface area contributed by atoms with Crippen LogP contribution in [0.4, 0.5) is 0 Å². The molecule has 20 heavy (non-hydrogen) atoms. The smallest absolute Gasteiger partial charge is 0.177 e. The monoisotopic (exact) mass is 344 g/mol. The zero-order valence-corrected chi connectivity index (χ0v) is 13.1. The van der Waals surface area contributed by atoms with Crippen LogP contribution >= 0.6 is 28.1 Å². The largest absolute Gasteiger partial charge is 0.337 e. The van der Waals surface area contributed by atoms with E-state index in [9.17, 15) is 0 Å². The van der Waals surface area contributed by atoms with E-state index in [2.05, 4.69) is 43.7 Å². The van der Waals surface area contributed by atoms with Gasteiger partial charge in [0, 0.05) is 10.7 Å². The van der Waals surface area contributed by atoms with E-state index in [4.69, 9.17) is 12.2 Å². The molecule has 2 aromatic carbocycles. The van der Waals surface area contributed by atoms with Gasteiger partial charge in [-0.25, -0.2) is 0 Å². The van der Waals surface area contributed by atoms with Crippen molar-refractivity contribution in [2.75, 3.05) is 0 Å². The van der Waals surface area contributed by atoms with Gasteiger partial charge in [-0.1, -0.05) is 64.5 Å². The van der Waals surface area contributed by atoms with Gasteiger partial charge in [-0.3, -0.25) is 0 Å². The Labute approximate surface area is 131 Å². The van der Waals surface area contributed by atoms with Crippen LogP contribution in [0.15, 0.2) is 65.3 Å². The van der Waals surface area contributed by atoms with E-state index in [1.165, 1.54) is 5.56 Å². The van der Waals surface area contributed by atoms with E-state index in [1.54, 1.807) is 0 Å². The SMILES string of the molecule is S=c1[nH]cc(-c2ccccc2)n1Cc1ccccc1Br. The summed E-state index contributed by atoms with van der Waals surface area (Å²) >= 11 is 9.00. The summed E-state index contributed by atoms with van der Waals surface area (Å²) in [4.78, 5) is 3.14. The number of hydrogen-bond acceptors (Lipinski definition) is 1. The molecule has 0 amide bonds. The fourth-order valence-electron chi connectivity index (χ4n) is 2.20. The van der Waals surface area contributed by atoms with Crippen LogP contribution in [0.25, 0.3) is 11.3 Å². The van der Waals surface area contributed by atoms with Gasteiger partial charge in [0.05, 0.1) is 12.2 Å². The van der Waals surface area contributed by atoms with Crippen LogP contribution in [0.3, 0.4) is 0 Å². The highest BCUT2D eigenvalue weighted by atomic mass is 79.9. The van der Waals surface area contributed by atoms with Crippen LogP contribution in [-0.2, 0) is 6.54 Å². The highest BCUT2D eigenvalue weighted by molar-refractivity contribution is 9.10. The molecular weight excluding hydrogens is 332 g/mol. The summed E-state index contributed by atoms with van der Waals surface area (Å²) in [5, 5.41) is 0. The lowest BCUT2D eigenvalue weighted by atomic mass is 10.1. The van der Waals surface area contributed by atoms with E-state index in [1.807, 2.05) is 42.6 Å². The van der Waals surface area contributed by atoms with Gasteiger partial charge < -0.3 is 9.55 Å². The Hall–Kier alpha value is -1.65. The van der Waals surface area contributed by atoms with Crippen LogP contribution in [0, 0.1) is 4.77 Å². The second-order valence-electron chi connectivity index (χ2n) is 4.52.